The van der Waals surface area contributed by atoms with E-state index in [1.807, 2.05) is 4.90 Å². The van der Waals surface area contributed by atoms with Crippen LogP contribution < -0.4 is 5.73 Å². The molecule has 0 aromatic rings. The summed E-state index contributed by atoms with van der Waals surface area (Å²) in [5.41, 5.74) is 5.78. The summed E-state index contributed by atoms with van der Waals surface area (Å²) >= 11 is 0. The minimum absolute atomic E-state index is 0.0952. The number of rotatable bonds is 2. The molecule has 1 aliphatic heterocycles. The van der Waals surface area contributed by atoms with Gasteiger partial charge in [0.25, 0.3) is 0 Å². The number of aliphatic imine (C=N–C) groups is 1. The maximum Gasteiger partial charge on any atom is 0.346 e. The molecule has 0 aromatic carbocycles. The van der Waals surface area contributed by atoms with Gasteiger partial charge in [-0.2, -0.15) is 4.99 Å². The first-order valence-corrected chi connectivity index (χ1v) is 6.22. The van der Waals surface area contributed by atoms with Gasteiger partial charge in [-0.1, -0.05) is 13.8 Å². The molecule has 0 aromatic heterocycles. The van der Waals surface area contributed by atoms with Crippen molar-refractivity contribution in [2.24, 2.45) is 22.6 Å². The number of urea groups is 1. The fraction of sp³-hybridized carbons (Fsp3) is 0.833. The van der Waals surface area contributed by atoms with Crippen LogP contribution in [0.5, 0.6) is 0 Å². The topological polar surface area (TPSA) is 58.7 Å². The van der Waals surface area contributed by atoms with Crippen LogP contribution in [0, 0.1) is 11.8 Å². The quantitative estimate of drug-likeness (QED) is 0.772. The van der Waals surface area contributed by atoms with Crippen LogP contribution in [0.2, 0.25) is 0 Å². The minimum Gasteiger partial charge on any atom is -0.385 e. The average molecular weight is 221 g/mol. The Labute approximate surface area is 95.9 Å². The number of hydrogen-bond donors (Lipinski definition) is 1. The van der Waals surface area contributed by atoms with Crippen LogP contribution in [-0.4, -0.2) is 28.3 Å². The molecule has 0 radical (unpaired) electrons. The number of amidine groups is 1. The van der Waals surface area contributed by atoms with E-state index in [1.54, 1.807) is 0 Å². The summed E-state index contributed by atoms with van der Waals surface area (Å²) in [6, 6.07) is 0.326. The highest BCUT2D eigenvalue weighted by molar-refractivity contribution is 6.06. The molecule has 4 heteroatoms. The summed E-state index contributed by atoms with van der Waals surface area (Å²) in [6.07, 6.45) is 4.29. The van der Waals surface area contributed by atoms with Crippen LogP contribution in [0.1, 0.15) is 39.5 Å². The van der Waals surface area contributed by atoms with E-state index in [4.69, 9.17) is 5.73 Å². The summed E-state index contributed by atoms with van der Waals surface area (Å²) in [6.45, 7) is 4.48. The highest BCUT2D eigenvalue weighted by atomic mass is 16.2. The van der Waals surface area contributed by atoms with Gasteiger partial charge in [-0.05, 0) is 37.5 Å². The Morgan fingerprint density at radius 1 is 1.44 bits per heavy atom. The zero-order valence-corrected chi connectivity index (χ0v) is 9.94. The van der Waals surface area contributed by atoms with Crippen LogP contribution in [-0.2, 0) is 0 Å². The lowest BCUT2D eigenvalue weighted by atomic mass is 9.63. The first kappa shape index (κ1) is 10.1. The number of carbonyl (C=O) groups is 1. The van der Waals surface area contributed by atoms with Crippen LogP contribution in [0.4, 0.5) is 4.79 Å². The smallest absolute Gasteiger partial charge is 0.346 e. The standard InChI is InChI=1S/C12H19N3O/c1-7(2)8-5-12(6-8)10(13)14-11(16)15(12)9-3-4-9/h7-9H,3-6H2,1-2H3,(H2,13,14,16). The summed E-state index contributed by atoms with van der Waals surface area (Å²) < 4.78 is 0. The molecule has 1 heterocycles. The molecule has 3 rings (SSSR count). The summed E-state index contributed by atoms with van der Waals surface area (Å²) in [5, 5.41) is 0. The lowest BCUT2D eigenvalue weighted by Gasteiger charge is -2.51. The van der Waals surface area contributed by atoms with Gasteiger partial charge < -0.3 is 10.6 Å². The maximum absolute atomic E-state index is 11.8. The third-order valence-corrected chi connectivity index (χ3v) is 4.41. The largest absolute Gasteiger partial charge is 0.385 e. The third kappa shape index (κ3) is 1.16. The van der Waals surface area contributed by atoms with Gasteiger partial charge in [0.05, 0.1) is 0 Å². The number of nitrogens with zero attached hydrogens (tertiary/aromatic N) is 2. The van der Waals surface area contributed by atoms with Crippen LogP contribution >= 0.6 is 0 Å². The molecule has 4 nitrogen and oxygen atoms in total. The Bertz CT molecular complexity index is 364. The molecule has 3 aliphatic rings. The van der Waals surface area contributed by atoms with Gasteiger partial charge in [0.15, 0.2) is 0 Å². The molecule has 0 saturated heterocycles. The van der Waals surface area contributed by atoms with E-state index in [1.165, 1.54) is 0 Å². The van der Waals surface area contributed by atoms with Crippen LogP contribution in [0.25, 0.3) is 0 Å². The van der Waals surface area contributed by atoms with E-state index in [2.05, 4.69) is 18.8 Å². The molecular formula is C12H19N3O. The van der Waals surface area contributed by atoms with E-state index in [0.717, 1.165) is 25.7 Å². The number of carbonyl (C=O) groups excluding carboxylic acids is 1. The number of amides is 2. The van der Waals surface area contributed by atoms with E-state index in [9.17, 15) is 4.79 Å². The molecule has 16 heavy (non-hydrogen) atoms. The fourth-order valence-electron chi connectivity index (χ4n) is 3.09. The van der Waals surface area contributed by atoms with Gasteiger partial charge in [-0.3, -0.25) is 0 Å². The zero-order chi connectivity index (χ0) is 11.5. The second kappa shape index (κ2) is 2.99. The van der Waals surface area contributed by atoms with E-state index in [0.29, 0.717) is 23.7 Å². The molecule has 2 saturated carbocycles. The summed E-state index contributed by atoms with van der Waals surface area (Å²) in [5.74, 6) is 1.94. The molecule has 2 amide bonds. The lowest BCUT2D eigenvalue weighted by molar-refractivity contribution is 0.0408. The highest BCUT2D eigenvalue weighted by Gasteiger charge is 2.60. The SMILES string of the molecule is CC(C)C1CC2(C1)C(N)=NC(=O)N2C1CC1. The Kier molecular flexibility index (Phi) is 1.89. The van der Waals surface area contributed by atoms with Gasteiger partial charge in [-0.15, -0.1) is 0 Å². The average Bonchev–Trinajstić information content (AvgIpc) is 2.88. The second-order valence-electron chi connectivity index (χ2n) is 5.82. The Hall–Kier alpha value is -1.06. The van der Waals surface area contributed by atoms with Crippen molar-refractivity contribution in [1.29, 1.82) is 0 Å². The van der Waals surface area contributed by atoms with Crippen molar-refractivity contribution >= 4 is 11.9 Å². The minimum atomic E-state index is -0.187. The van der Waals surface area contributed by atoms with Crippen LogP contribution in [0.3, 0.4) is 0 Å². The molecule has 1 spiro atoms. The van der Waals surface area contributed by atoms with Gasteiger partial charge in [0, 0.05) is 6.04 Å². The molecule has 2 fully saturated rings. The van der Waals surface area contributed by atoms with E-state index >= 15 is 0 Å². The lowest BCUT2D eigenvalue weighted by Crippen LogP contribution is -2.63. The molecule has 0 unspecified atom stereocenters. The summed E-state index contributed by atoms with van der Waals surface area (Å²) in [7, 11) is 0. The number of hydrogen-bond acceptors (Lipinski definition) is 2. The van der Waals surface area contributed by atoms with Crippen molar-refractivity contribution in [3.63, 3.8) is 0 Å². The predicted molar refractivity (Wildman–Crippen MR) is 62.2 cm³/mol. The normalized spacial score (nSPS) is 38.2. The van der Waals surface area contributed by atoms with Crippen LogP contribution in [0.15, 0.2) is 4.99 Å². The predicted octanol–water partition coefficient (Wildman–Crippen LogP) is 1.75. The highest BCUT2D eigenvalue weighted by Crippen LogP contribution is 2.51. The van der Waals surface area contributed by atoms with Gasteiger partial charge in [0.1, 0.15) is 11.4 Å². The molecule has 2 N–H and O–H groups in total. The van der Waals surface area contributed by atoms with Gasteiger partial charge in [0.2, 0.25) is 0 Å². The van der Waals surface area contributed by atoms with Gasteiger partial charge in [-0.25, -0.2) is 4.79 Å². The monoisotopic (exact) mass is 221 g/mol. The Morgan fingerprint density at radius 3 is 2.56 bits per heavy atom. The van der Waals surface area contributed by atoms with Crippen molar-refractivity contribution in [2.75, 3.05) is 0 Å². The van der Waals surface area contributed by atoms with E-state index < -0.39 is 0 Å². The van der Waals surface area contributed by atoms with Crippen molar-refractivity contribution < 1.29 is 4.79 Å². The fourth-order valence-corrected chi connectivity index (χ4v) is 3.09. The molecule has 0 bridgehead atoms. The third-order valence-electron chi connectivity index (χ3n) is 4.41. The first-order chi connectivity index (χ1) is 7.54. The zero-order valence-electron chi connectivity index (χ0n) is 9.94. The van der Waals surface area contributed by atoms with Gasteiger partial charge >= 0.3 is 6.03 Å². The van der Waals surface area contributed by atoms with Crippen molar-refractivity contribution in [1.82, 2.24) is 4.90 Å². The first-order valence-electron chi connectivity index (χ1n) is 6.22. The molecule has 2 aliphatic carbocycles. The van der Waals surface area contributed by atoms with Crippen molar-refractivity contribution in [2.45, 2.75) is 51.1 Å². The molecule has 0 atom stereocenters. The van der Waals surface area contributed by atoms with E-state index in [-0.39, 0.29) is 11.6 Å². The molecular weight excluding hydrogens is 202 g/mol. The summed E-state index contributed by atoms with van der Waals surface area (Å²) in [4.78, 5) is 17.8. The molecule has 88 valence electrons. The second-order valence-corrected chi connectivity index (χ2v) is 5.82. The van der Waals surface area contributed by atoms with Crippen molar-refractivity contribution in [3.05, 3.63) is 0 Å². The Morgan fingerprint density at radius 2 is 2.06 bits per heavy atom. The van der Waals surface area contributed by atoms with Crippen molar-refractivity contribution in [3.8, 4) is 0 Å². The maximum atomic E-state index is 11.8. The number of nitrogens with two attached hydrogens (primary N) is 1. The Balaban J connectivity index is 1.83.